The van der Waals surface area contributed by atoms with Gasteiger partial charge in [-0.2, -0.15) is 0 Å². The maximum Gasteiger partial charge on any atom is 0.338 e. The summed E-state index contributed by atoms with van der Waals surface area (Å²) in [6, 6.07) is 44.7. The maximum absolute atomic E-state index is 11.5. The molecule has 6 rings (SSSR count). The van der Waals surface area contributed by atoms with E-state index in [0.717, 1.165) is 51.8 Å². The van der Waals surface area contributed by atoms with Crippen molar-refractivity contribution in [2.45, 2.75) is 61.0 Å². The fourth-order valence-corrected chi connectivity index (χ4v) is 6.13. The second-order valence-electron chi connectivity index (χ2n) is 17.5. The first-order chi connectivity index (χ1) is 36.1. The third kappa shape index (κ3) is 19.9. The van der Waals surface area contributed by atoms with Crippen molar-refractivity contribution < 1.29 is 57.2 Å². The Bertz CT molecular complexity index is 3020. The summed E-state index contributed by atoms with van der Waals surface area (Å²) in [7, 11) is 0. The van der Waals surface area contributed by atoms with Crippen molar-refractivity contribution in [1.82, 2.24) is 0 Å². The molecule has 0 unspecified atom stereocenters. The standard InChI is InChI=1S/C23H24O4.C21H20O4.C20H18O4/c1-16(2)22(24)26-15-5-6-18-7-9-19(10-8-18)20-11-13-21(14-12-20)27-23(25)17(3)4;1-14(2)20(22)24-13-16-5-7-17(8-6-16)18-9-11-19(12-10-18)25-21(23)15(3)4;1-13(2)19(21)23-17-9-5-15(6-10-17)16-7-11-18(12-8-16)24-20(22)14(3)4/h7-14H,1,3,5-6,15H2,2,4H3;5-12H,1,3,13H2,2,4H3;5-12H,1,3H2,2,4H3. The molecule has 12 heteroatoms. The molecule has 390 valence electrons. The molecule has 0 spiro atoms. The van der Waals surface area contributed by atoms with Gasteiger partial charge in [-0.05, 0) is 147 Å². The Balaban J connectivity index is 0.000000247. The highest BCUT2D eigenvalue weighted by molar-refractivity contribution is 5.91. The van der Waals surface area contributed by atoms with E-state index < -0.39 is 29.8 Å². The van der Waals surface area contributed by atoms with Crippen LogP contribution in [-0.2, 0) is 51.3 Å². The van der Waals surface area contributed by atoms with Gasteiger partial charge in [-0.15, -0.1) is 0 Å². The molecule has 76 heavy (non-hydrogen) atoms. The number of rotatable bonds is 19. The number of hydrogen-bond donors (Lipinski definition) is 0. The fourth-order valence-electron chi connectivity index (χ4n) is 6.13. The molecule has 12 nitrogen and oxygen atoms in total. The first-order valence-corrected chi connectivity index (χ1v) is 23.8. The van der Waals surface area contributed by atoms with Crippen LogP contribution in [0.4, 0.5) is 0 Å². The SMILES string of the molecule is C=C(C)C(=O)OCCCc1ccc(-c2ccc(OC(=O)C(=C)C)cc2)cc1.C=C(C)C(=O)OCc1ccc(-c2ccc(OC(=O)C(=C)C)cc2)cc1.C=C(C)C(=O)Oc1ccc(-c2ccc(OC(=O)C(=C)C)cc2)cc1. The summed E-state index contributed by atoms with van der Waals surface area (Å²) in [5.41, 5.74) is 10.3. The summed E-state index contributed by atoms with van der Waals surface area (Å²) in [6.07, 6.45) is 1.60. The minimum atomic E-state index is -0.452. The lowest BCUT2D eigenvalue weighted by Crippen LogP contribution is -2.08. The van der Waals surface area contributed by atoms with Crippen LogP contribution in [0.25, 0.3) is 33.4 Å². The molecular weight excluding hydrogens is 961 g/mol. The molecule has 0 amide bonds. The highest BCUT2D eigenvalue weighted by atomic mass is 16.6. The van der Waals surface area contributed by atoms with Crippen LogP contribution in [0.2, 0.25) is 0 Å². The highest BCUT2D eigenvalue weighted by Crippen LogP contribution is 2.27. The molecule has 6 aromatic carbocycles. The molecular formula is C64H62O12. The van der Waals surface area contributed by atoms with Crippen molar-refractivity contribution in [2.24, 2.45) is 0 Å². The number of carbonyl (C=O) groups is 6. The molecule has 0 saturated carbocycles. The molecule has 0 fully saturated rings. The minimum absolute atomic E-state index is 0.210. The molecule has 0 aliphatic rings. The van der Waals surface area contributed by atoms with Crippen molar-refractivity contribution >= 4 is 35.8 Å². The van der Waals surface area contributed by atoms with Crippen LogP contribution in [0.3, 0.4) is 0 Å². The molecule has 0 atom stereocenters. The Kier molecular flexibility index (Phi) is 22.8. The van der Waals surface area contributed by atoms with Gasteiger partial charge in [0.15, 0.2) is 0 Å². The average molecular weight is 1020 g/mol. The van der Waals surface area contributed by atoms with Crippen molar-refractivity contribution in [3.05, 3.63) is 230 Å². The average Bonchev–Trinajstić information content (AvgIpc) is 3.40. The maximum atomic E-state index is 11.5. The summed E-state index contributed by atoms with van der Waals surface area (Å²) in [4.78, 5) is 68.7. The predicted molar refractivity (Wildman–Crippen MR) is 296 cm³/mol. The van der Waals surface area contributed by atoms with Gasteiger partial charge in [0.05, 0.1) is 6.61 Å². The summed E-state index contributed by atoms with van der Waals surface area (Å²) in [5.74, 6) is -0.641. The van der Waals surface area contributed by atoms with Gasteiger partial charge in [-0.3, -0.25) is 0 Å². The monoisotopic (exact) mass is 1020 g/mol. The Morgan fingerprint density at radius 3 is 0.776 bits per heavy atom. The molecule has 0 heterocycles. The number of benzene rings is 6. The first kappa shape index (κ1) is 59.1. The van der Waals surface area contributed by atoms with Gasteiger partial charge in [0.2, 0.25) is 0 Å². The van der Waals surface area contributed by atoms with Gasteiger partial charge >= 0.3 is 35.8 Å². The van der Waals surface area contributed by atoms with Crippen LogP contribution in [0.5, 0.6) is 23.0 Å². The zero-order chi connectivity index (χ0) is 55.9. The first-order valence-electron chi connectivity index (χ1n) is 23.8. The van der Waals surface area contributed by atoms with Crippen LogP contribution in [0.15, 0.2) is 219 Å². The molecule has 0 N–H and O–H groups in total. The second-order valence-corrected chi connectivity index (χ2v) is 17.5. The lowest BCUT2D eigenvalue weighted by Gasteiger charge is -2.07. The van der Waals surface area contributed by atoms with Crippen LogP contribution in [0.1, 0.15) is 59.1 Å². The van der Waals surface area contributed by atoms with E-state index in [1.165, 1.54) is 5.56 Å². The minimum Gasteiger partial charge on any atom is -0.462 e. The van der Waals surface area contributed by atoms with Crippen LogP contribution >= 0.6 is 0 Å². The normalized spacial score (nSPS) is 10.0. The number of ether oxygens (including phenoxy) is 6. The van der Waals surface area contributed by atoms with Crippen molar-refractivity contribution in [2.75, 3.05) is 6.61 Å². The van der Waals surface area contributed by atoms with E-state index in [1.807, 2.05) is 84.9 Å². The topological polar surface area (TPSA) is 158 Å². The third-order valence-corrected chi connectivity index (χ3v) is 10.5. The Morgan fingerprint density at radius 1 is 0.303 bits per heavy atom. The largest absolute Gasteiger partial charge is 0.462 e. The molecule has 0 saturated heterocycles. The smallest absolute Gasteiger partial charge is 0.338 e. The van der Waals surface area contributed by atoms with E-state index in [-0.39, 0.29) is 12.6 Å². The van der Waals surface area contributed by atoms with E-state index in [0.29, 0.717) is 63.0 Å². The molecule has 0 aromatic heterocycles. The van der Waals surface area contributed by atoms with E-state index in [9.17, 15) is 28.8 Å². The van der Waals surface area contributed by atoms with E-state index in [2.05, 4.69) is 51.6 Å². The number of carbonyl (C=O) groups excluding carboxylic acids is 6. The predicted octanol–water partition coefficient (Wildman–Crippen LogP) is 13.7. The van der Waals surface area contributed by atoms with Crippen LogP contribution < -0.4 is 18.9 Å². The van der Waals surface area contributed by atoms with Crippen LogP contribution in [-0.4, -0.2) is 42.4 Å². The lowest BCUT2D eigenvalue weighted by molar-refractivity contribution is -0.140. The number of aryl methyl sites for hydroxylation is 1. The van der Waals surface area contributed by atoms with Crippen molar-refractivity contribution in [3.63, 3.8) is 0 Å². The number of hydrogen-bond acceptors (Lipinski definition) is 12. The van der Waals surface area contributed by atoms with Gasteiger partial charge in [0.25, 0.3) is 0 Å². The molecule has 0 aliphatic carbocycles. The fraction of sp³-hybridized carbons (Fsp3) is 0.156. The zero-order valence-electron chi connectivity index (χ0n) is 43.8. The third-order valence-electron chi connectivity index (χ3n) is 10.5. The number of esters is 6. The lowest BCUT2D eigenvalue weighted by atomic mass is 10.0. The van der Waals surface area contributed by atoms with Gasteiger partial charge in [-0.1, -0.05) is 137 Å². The van der Waals surface area contributed by atoms with E-state index >= 15 is 0 Å². The summed E-state index contributed by atoms with van der Waals surface area (Å²) in [6.45, 7) is 31.6. The van der Waals surface area contributed by atoms with Crippen molar-refractivity contribution in [3.8, 4) is 56.4 Å². The summed E-state index contributed by atoms with van der Waals surface area (Å²) in [5, 5.41) is 0. The Morgan fingerprint density at radius 2 is 0.526 bits per heavy atom. The Hall–Kier alpha value is -9.42. The van der Waals surface area contributed by atoms with Crippen molar-refractivity contribution in [1.29, 1.82) is 0 Å². The molecule has 0 bridgehead atoms. The Labute approximate surface area is 444 Å². The van der Waals surface area contributed by atoms with Gasteiger partial charge in [0, 0.05) is 33.4 Å². The van der Waals surface area contributed by atoms with Gasteiger partial charge in [0.1, 0.15) is 29.6 Å². The summed E-state index contributed by atoms with van der Waals surface area (Å²) >= 11 is 0. The van der Waals surface area contributed by atoms with Crippen LogP contribution in [0, 0.1) is 0 Å². The molecule has 0 radical (unpaired) electrons. The zero-order valence-corrected chi connectivity index (χ0v) is 43.8. The van der Waals surface area contributed by atoms with E-state index in [4.69, 9.17) is 28.4 Å². The summed E-state index contributed by atoms with van der Waals surface area (Å²) < 4.78 is 30.9. The quantitative estimate of drug-likeness (QED) is 0.0328. The highest BCUT2D eigenvalue weighted by Gasteiger charge is 2.11. The van der Waals surface area contributed by atoms with Gasteiger partial charge in [-0.25, -0.2) is 28.8 Å². The van der Waals surface area contributed by atoms with Gasteiger partial charge < -0.3 is 28.4 Å². The second kappa shape index (κ2) is 29.3. The van der Waals surface area contributed by atoms with E-state index in [1.54, 1.807) is 90.1 Å². The molecule has 0 aliphatic heterocycles. The molecule has 6 aromatic rings.